The van der Waals surface area contributed by atoms with E-state index in [2.05, 4.69) is 6.58 Å². The Morgan fingerprint density at radius 3 is 2.47 bits per heavy atom. The molecule has 0 aliphatic heterocycles. The molecule has 0 aromatic heterocycles. The third-order valence-electron chi connectivity index (χ3n) is 2.65. The average Bonchev–Trinajstić information content (AvgIpc) is 2.26. The molecule has 5 heteroatoms. The van der Waals surface area contributed by atoms with E-state index in [0.717, 1.165) is 6.07 Å². The van der Waals surface area contributed by atoms with E-state index in [0.29, 0.717) is 6.07 Å². The first-order chi connectivity index (χ1) is 7.84. The summed E-state index contributed by atoms with van der Waals surface area (Å²) in [4.78, 5) is 11.1. The van der Waals surface area contributed by atoms with Gasteiger partial charge in [-0.2, -0.15) is 0 Å². The molecule has 0 fully saturated rings. The van der Waals surface area contributed by atoms with Crippen molar-refractivity contribution in [3.63, 3.8) is 0 Å². The zero-order chi connectivity index (χ0) is 13.2. The number of hydrogen-bond acceptors (Lipinski definition) is 1. The lowest BCUT2D eigenvalue weighted by Crippen LogP contribution is -2.33. The van der Waals surface area contributed by atoms with E-state index < -0.39 is 34.4 Å². The van der Waals surface area contributed by atoms with E-state index in [1.807, 2.05) is 0 Å². The number of hydrogen-bond donors (Lipinski definition) is 1. The predicted molar refractivity (Wildman–Crippen MR) is 56.1 cm³/mol. The zero-order valence-corrected chi connectivity index (χ0v) is 9.14. The summed E-state index contributed by atoms with van der Waals surface area (Å²) in [5, 5.41) is 9.07. The number of allylic oxidation sites excluding steroid dienone is 1. The molecule has 0 saturated carbocycles. The van der Waals surface area contributed by atoms with Crippen LogP contribution < -0.4 is 0 Å². The highest BCUT2D eigenvalue weighted by Gasteiger charge is 2.37. The molecule has 0 aliphatic rings. The van der Waals surface area contributed by atoms with Gasteiger partial charge < -0.3 is 5.11 Å². The quantitative estimate of drug-likeness (QED) is 0.653. The Labute approximate surface area is 96.4 Å². The predicted octanol–water partition coefficient (Wildman–Crippen LogP) is 3.02. The minimum absolute atomic E-state index is 0.0929. The van der Waals surface area contributed by atoms with Crippen LogP contribution in [0, 0.1) is 17.5 Å². The standard InChI is InChI=1S/C12H11F3O2/c1-3-6-12(2,11(16)17)7-4-5-8(13)10(15)9(7)14/h3-5H,1,6H2,2H3,(H,16,17). The van der Waals surface area contributed by atoms with Crippen molar-refractivity contribution in [3.8, 4) is 0 Å². The number of aliphatic carboxylic acids is 1. The third kappa shape index (κ3) is 2.18. The van der Waals surface area contributed by atoms with Crippen molar-refractivity contribution in [1.82, 2.24) is 0 Å². The van der Waals surface area contributed by atoms with Crippen LogP contribution in [0.2, 0.25) is 0 Å². The van der Waals surface area contributed by atoms with Gasteiger partial charge in [0.25, 0.3) is 0 Å². The Kier molecular flexibility index (Phi) is 3.60. The fourth-order valence-corrected chi connectivity index (χ4v) is 1.55. The average molecular weight is 244 g/mol. The highest BCUT2D eigenvalue weighted by atomic mass is 19.2. The van der Waals surface area contributed by atoms with Crippen LogP contribution in [0.5, 0.6) is 0 Å². The molecule has 0 spiro atoms. The normalized spacial score (nSPS) is 14.1. The van der Waals surface area contributed by atoms with Gasteiger partial charge >= 0.3 is 5.97 Å². The molecule has 0 aliphatic carbocycles. The molecule has 92 valence electrons. The topological polar surface area (TPSA) is 37.3 Å². The molecule has 0 saturated heterocycles. The second-order valence-corrected chi connectivity index (χ2v) is 3.85. The van der Waals surface area contributed by atoms with Gasteiger partial charge in [-0.05, 0) is 19.4 Å². The van der Waals surface area contributed by atoms with Crippen LogP contribution >= 0.6 is 0 Å². The lowest BCUT2D eigenvalue weighted by molar-refractivity contribution is -0.143. The largest absolute Gasteiger partial charge is 0.481 e. The van der Waals surface area contributed by atoms with Crippen LogP contribution in [0.1, 0.15) is 18.9 Å². The summed E-state index contributed by atoms with van der Waals surface area (Å²) in [6.07, 6.45) is 1.19. The van der Waals surface area contributed by atoms with Crippen molar-refractivity contribution >= 4 is 5.97 Å². The SMILES string of the molecule is C=CCC(C)(C(=O)O)c1ccc(F)c(F)c1F. The monoisotopic (exact) mass is 244 g/mol. The molecule has 0 heterocycles. The number of benzene rings is 1. The number of rotatable bonds is 4. The third-order valence-corrected chi connectivity index (χ3v) is 2.65. The molecule has 1 unspecified atom stereocenters. The van der Waals surface area contributed by atoms with Crippen molar-refractivity contribution in [2.45, 2.75) is 18.8 Å². The van der Waals surface area contributed by atoms with Crippen molar-refractivity contribution in [1.29, 1.82) is 0 Å². The second kappa shape index (κ2) is 4.61. The van der Waals surface area contributed by atoms with Gasteiger partial charge in [0.15, 0.2) is 17.5 Å². The Morgan fingerprint density at radius 2 is 2.00 bits per heavy atom. The summed E-state index contributed by atoms with van der Waals surface area (Å²) < 4.78 is 39.3. The van der Waals surface area contributed by atoms with Crippen LogP contribution in [0.4, 0.5) is 13.2 Å². The lowest BCUT2D eigenvalue weighted by Gasteiger charge is -2.24. The van der Waals surface area contributed by atoms with E-state index in [1.54, 1.807) is 0 Å². The van der Waals surface area contributed by atoms with Crippen LogP contribution in [0.15, 0.2) is 24.8 Å². The number of carboxylic acid groups (broad SMARTS) is 1. The number of halogens is 3. The maximum absolute atomic E-state index is 13.5. The summed E-state index contributed by atoms with van der Waals surface area (Å²) in [6.45, 7) is 4.60. The van der Waals surface area contributed by atoms with Gasteiger partial charge in [-0.1, -0.05) is 12.1 Å². The van der Waals surface area contributed by atoms with Gasteiger partial charge in [0, 0.05) is 5.56 Å². The summed E-state index contributed by atoms with van der Waals surface area (Å²) in [6, 6.07) is 1.64. The Hall–Kier alpha value is -1.78. The second-order valence-electron chi connectivity index (χ2n) is 3.85. The first-order valence-electron chi connectivity index (χ1n) is 4.83. The first-order valence-corrected chi connectivity index (χ1v) is 4.83. The molecule has 0 radical (unpaired) electrons. The Morgan fingerprint density at radius 1 is 1.41 bits per heavy atom. The molecule has 1 aromatic carbocycles. The van der Waals surface area contributed by atoms with E-state index in [9.17, 15) is 18.0 Å². The van der Waals surface area contributed by atoms with Crippen LogP contribution in [0.3, 0.4) is 0 Å². The molecule has 1 aromatic rings. The highest BCUT2D eigenvalue weighted by molar-refractivity contribution is 5.81. The van der Waals surface area contributed by atoms with Crippen LogP contribution in [-0.2, 0) is 10.2 Å². The van der Waals surface area contributed by atoms with E-state index in [-0.39, 0.29) is 6.42 Å². The maximum Gasteiger partial charge on any atom is 0.314 e. The Bertz CT molecular complexity index is 471. The fraction of sp³-hybridized carbons (Fsp3) is 0.250. The number of carbonyl (C=O) groups is 1. The van der Waals surface area contributed by atoms with Crippen LogP contribution in [-0.4, -0.2) is 11.1 Å². The molecule has 0 bridgehead atoms. The first kappa shape index (κ1) is 13.3. The van der Waals surface area contributed by atoms with E-state index in [4.69, 9.17) is 5.11 Å². The minimum atomic E-state index is -1.67. The smallest absolute Gasteiger partial charge is 0.314 e. The van der Waals surface area contributed by atoms with Gasteiger partial charge in [-0.3, -0.25) is 4.79 Å². The molecular weight excluding hydrogens is 233 g/mol. The Balaban J connectivity index is 3.44. The van der Waals surface area contributed by atoms with Crippen molar-refractivity contribution in [3.05, 3.63) is 47.8 Å². The summed E-state index contributed by atoms with van der Waals surface area (Å²) >= 11 is 0. The molecular formula is C12H11F3O2. The van der Waals surface area contributed by atoms with Crippen LogP contribution in [0.25, 0.3) is 0 Å². The van der Waals surface area contributed by atoms with E-state index in [1.165, 1.54) is 13.0 Å². The molecule has 2 nitrogen and oxygen atoms in total. The van der Waals surface area contributed by atoms with Gasteiger partial charge in [0.2, 0.25) is 0 Å². The minimum Gasteiger partial charge on any atom is -0.481 e. The summed E-state index contributed by atoms with van der Waals surface area (Å²) in [5.41, 5.74) is -2.07. The van der Waals surface area contributed by atoms with Crippen molar-refractivity contribution < 1.29 is 23.1 Å². The fourth-order valence-electron chi connectivity index (χ4n) is 1.55. The summed E-state index contributed by atoms with van der Waals surface area (Å²) in [5.74, 6) is -5.82. The molecule has 17 heavy (non-hydrogen) atoms. The van der Waals surface area contributed by atoms with Crippen molar-refractivity contribution in [2.24, 2.45) is 0 Å². The molecule has 1 atom stereocenters. The molecule has 1 rings (SSSR count). The summed E-state index contributed by atoms with van der Waals surface area (Å²) in [7, 11) is 0. The highest BCUT2D eigenvalue weighted by Crippen LogP contribution is 2.32. The van der Waals surface area contributed by atoms with Gasteiger partial charge in [-0.15, -0.1) is 6.58 Å². The molecule has 1 N–H and O–H groups in total. The number of carboxylic acids is 1. The van der Waals surface area contributed by atoms with Crippen molar-refractivity contribution in [2.75, 3.05) is 0 Å². The lowest BCUT2D eigenvalue weighted by atomic mass is 9.79. The van der Waals surface area contributed by atoms with E-state index >= 15 is 0 Å². The van der Waals surface area contributed by atoms with Gasteiger partial charge in [-0.25, -0.2) is 13.2 Å². The van der Waals surface area contributed by atoms with Gasteiger partial charge in [0.1, 0.15) is 0 Å². The maximum atomic E-state index is 13.5. The zero-order valence-electron chi connectivity index (χ0n) is 9.14. The van der Waals surface area contributed by atoms with Gasteiger partial charge in [0.05, 0.1) is 5.41 Å². The molecule has 0 amide bonds.